The third-order valence-corrected chi connectivity index (χ3v) is 2.74. The van der Waals surface area contributed by atoms with Crippen LogP contribution in [0.25, 0.3) is 0 Å². The van der Waals surface area contributed by atoms with Crippen molar-refractivity contribution >= 4 is 6.03 Å². The molecule has 0 radical (unpaired) electrons. The molecular weight excluding hydrogens is 168 g/mol. The van der Waals surface area contributed by atoms with E-state index < -0.39 is 0 Å². The molecule has 2 rings (SSSR count). The molecule has 1 heterocycles. The monoisotopic (exact) mass is 184 g/mol. The van der Waals surface area contributed by atoms with Crippen LogP contribution < -0.4 is 5.32 Å². The zero-order valence-corrected chi connectivity index (χ0v) is 7.70. The summed E-state index contributed by atoms with van der Waals surface area (Å²) >= 11 is 0. The molecule has 0 bridgehead atoms. The number of hydrogen-bond acceptors (Lipinski definition) is 2. The number of carbonyl (C=O) groups excluding carboxylic acids is 1. The highest BCUT2D eigenvalue weighted by Gasteiger charge is 2.32. The molecule has 0 spiro atoms. The number of aliphatic hydroxyl groups excluding tert-OH is 1. The van der Waals surface area contributed by atoms with Crippen LogP contribution in [-0.4, -0.2) is 41.8 Å². The molecule has 0 aromatic rings. The summed E-state index contributed by atoms with van der Waals surface area (Å²) in [5.74, 6) is 0.453. The zero-order chi connectivity index (χ0) is 9.26. The van der Waals surface area contributed by atoms with Crippen LogP contribution in [0.3, 0.4) is 0 Å². The Hall–Kier alpha value is -0.770. The fraction of sp³-hybridized carbons (Fsp3) is 0.889. The molecule has 0 aromatic carbocycles. The second kappa shape index (κ2) is 3.54. The summed E-state index contributed by atoms with van der Waals surface area (Å²) in [5.41, 5.74) is 0. The first kappa shape index (κ1) is 8.81. The van der Waals surface area contributed by atoms with Crippen molar-refractivity contribution in [2.24, 2.45) is 5.92 Å². The molecule has 1 unspecified atom stereocenters. The van der Waals surface area contributed by atoms with E-state index in [4.69, 9.17) is 0 Å². The average Bonchev–Trinajstić information content (AvgIpc) is 2.91. The Morgan fingerprint density at radius 3 is 3.00 bits per heavy atom. The summed E-state index contributed by atoms with van der Waals surface area (Å²) in [7, 11) is 0. The minimum atomic E-state index is -0.302. The number of urea groups is 1. The quantitative estimate of drug-likeness (QED) is 0.657. The van der Waals surface area contributed by atoms with E-state index >= 15 is 0 Å². The van der Waals surface area contributed by atoms with Gasteiger partial charge in [0.05, 0.1) is 6.10 Å². The number of rotatable bonds is 3. The number of nitrogens with one attached hydrogen (secondary N) is 1. The fourth-order valence-corrected chi connectivity index (χ4v) is 1.71. The number of β-amino-alcohol motifs (C(OH)–C–C–N with tert-alkyl or cyclic N) is 1. The molecule has 4 nitrogen and oxygen atoms in total. The topological polar surface area (TPSA) is 52.6 Å². The average molecular weight is 184 g/mol. The van der Waals surface area contributed by atoms with Gasteiger partial charge in [-0.25, -0.2) is 4.79 Å². The summed E-state index contributed by atoms with van der Waals surface area (Å²) in [6.45, 7) is 2.07. The summed E-state index contributed by atoms with van der Waals surface area (Å²) in [4.78, 5) is 13.0. The minimum Gasteiger partial charge on any atom is -0.391 e. The highest BCUT2D eigenvalue weighted by Crippen LogP contribution is 2.32. The molecule has 4 heteroatoms. The van der Waals surface area contributed by atoms with E-state index in [-0.39, 0.29) is 12.1 Å². The second-order valence-electron chi connectivity index (χ2n) is 3.94. The van der Waals surface area contributed by atoms with Crippen molar-refractivity contribution in [1.82, 2.24) is 10.2 Å². The van der Waals surface area contributed by atoms with E-state index in [1.54, 1.807) is 4.90 Å². The lowest BCUT2D eigenvalue weighted by Gasteiger charge is -2.29. The molecule has 1 saturated carbocycles. The number of amides is 2. The molecule has 2 fully saturated rings. The summed E-state index contributed by atoms with van der Waals surface area (Å²) in [6, 6.07) is -0.0223. The van der Waals surface area contributed by atoms with Gasteiger partial charge in [0.1, 0.15) is 0 Å². The first-order valence-corrected chi connectivity index (χ1v) is 4.98. The Balaban J connectivity index is 1.81. The van der Waals surface area contributed by atoms with E-state index in [2.05, 4.69) is 5.32 Å². The van der Waals surface area contributed by atoms with Gasteiger partial charge >= 0.3 is 6.03 Å². The SMILES string of the molecule is O=C1NCCCN1CC(O)C1CC1. The van der Waals surface area contributed by atoms with Crippen molar-refractivity contribution in [2.45, 2.75) is 25.4 Å². The summed E-state index contributed by atoms with van der Waals surface area (Å²) in [5, 5.41) is 12.4. The first-order valence-electron chi connectivity index (χ1n) is 4.98. The van der Waals surface area contributed by atoms with Crippen LogP contribution in [0.4, 0.5) is 4.79 Å². The fourth-order valence-electron chi connectivity index (χ4n) is 1.71. The molecule has 1 aliphatic heterocycles. The van der Waals surface area contributed by atoms with E-state index in [0.29, 0.717) is 12.5 Å². The Morgan fingerprint density at radius 1 is 1.62 bits per heavy atom. The number of aliphatic hydroxyl groups is 1. The molecule has 0 aromatic heterocycles. The highest BCUT2D eigenvalue weighted by molar-refractivity contribution is 5.74. The normalized spacial score (nSPS) is 25.6. The minimum absolute atomic E-state index is 0.0223. The lowest BCUT2D eigenvalue weighted by molar-refractivity contribution is 0.0989. The first-order chi connectivity index (χ1) is 6.27. The van der Waals surface area contributed by atoms with Gasteiger partial charge in [0.25, 0.3) is 0 Å². The second-order valence-corrected chi connectivity index (χ2v) is 3.94. The van der Waals surface area contributed by atoms with Crippen molar-refractivity contribution < 1.29 is 9.90 Å². The molecule has 1 saturated heterocycles. The maximum atomic E-state index is 11.3. The van der Waals surface area contributed by atoms with Gasteiger partial charge in [0.2, 0.25) is 0 Å². The smallest absolute Gasteiger partial charge is 0.317 e. The maximum Gasteiger partial charge on any atom is 0.317 e. The lowest BCUT2D eigenvalue weighted by atomic mass is 10.2. The van der Waals surface area contributed by atoms with Crippen LogP contribution in [0, 0.1) is 5.92 Å². The van der Waals surface area contributed by atoms with Gasteiger partial charge in [0, 0.05) is 19.6 Å². The van der Waals surface area contributed by atoms with Gasteiger partial charge in [0.15, 0.2) is 0 Å². The van der Waals surface area contributed by atoms with Gasteiger partial charge in [-0.2, -0.15) is 0 Å². The van der Waals surface area contributed by atoms with Gasteiger partial charge in [-0.1, -0.05) is 0 Å². The van der Waals surface area contributed by atoms with E-state index in [0.717, 1.165) is 32.4 Å². The standard InChI is InChI=1S/C9H16N2O2/c12-8(7-2-3-7)6-11-5-1-4-10-9(11)13/h7-8,12H,1-6H2,(H,10,13). The lowest BCUT2D eigenvalue weighted by Crippen LogP contribution is -2.49. The summed E-state index contributed by atoms with van der Waals surface area (Å²) < 4.78 is 0. The Labute approximate surface area is 77.9 Å². The molecule has 2 N–H and O–H groups in total. The maximum absolute atomic E-state index is 11.3. The van der Waals surface area contributed by atoms with E-state index in [1.165, 1.54) is 0 Å². The highest BCUT2D eigenvalue weighted by atomic mass is 16.3. The van der Waals surface area contributed by atoms with Crippen LogP contribution in [0.1, 0.15) is 19.3 Å². The van der Waals surface area contributed by atoms with E-state index in [9.17, 15) is 9.90 Å². The van der Waals surface area contributed by atoms with Gasteiger partial charge in [-0.15, -0.1) is 0 Å². The molecule has 13 heavy (non-hydrogen) atoms. The molecule has 1 atom stereocenters. The number of hydrogen-bond donors (Lipinski definition) is 2. The van der Waals surface area contributed by atoms with Crippen molar-refractivity contribution in [3.8, 4) is 0 Å². The van der Waals surface area contributed by atoms with Crippen LogP contribution in [0.5, 0.6) is 0 Å². The summed E-state index contributed by atoms with van der Waals surface area (Å²) in [6.07, 6.45) is 2.93. The van der Waals surface area contributed by atoms with E-state index in [1.807, 2.05) is 0 Å². The van der Waals surface area contributed by atoms with Gasteiger partial charge in [-0.05, 0) is 25.2 Å². The van der Waals surface area contributed by atoms with Crippen LogP contribution >= 0.6 is 0 Å². The largest absolute Gasteiger partial charge is 0.391 e. The number of carbonyl (C=O) groups is 1. The molecule has 74 valence electrons. The Kier molecular flexibility index (Phi) is 2.40. The molecule has 2 aliphatic rings. The third kappa shape index (κ3) is 2.12. The van der Waals surface area contributed by atoms with Gasteiger partial charge < -0.3 is 15.3 Å². The predicted octanol–water partition coefficient (Wildman–Crippen LogP) is 0.173. The number of nitrogens with zero attached hydrogens (tertiary/aromatic N) is 1. The van der Waals surface area contributed by atoms with Crippen molar-refractivity contribution in [2.75, 3.05) is 19.6 Å². The zero-order valence-electron chi connectivity index (χ0n) is 7.70. The van der Waals surface area contributed by atoms with Crippen molar-refractivity contribution in [1.29, 1.82) is 0 Å². The molecular formula is C9H16N2O2. The molecule has 1 aliphatic carbocycles. The van der Waals surface area contributed by atoms with Crippen molar-refractivity contribution in [3.63, 3.8) is 0 Å². The Morgan fingerprint density at radius 2 is 2.38 bits per heavy atom. The third-order valence-electron chi connectivity index (χ3n) is 2.74. The van der Waals surface area contributed by atoms with Crippen LogP contribution in [0.15, 0.2) is 0 Å². The molecule has 2 amide bonds. The van der Waals surface area contributed by atoms with Crippen molar-refractivity contribution in [3.05, 3.63) is 0 Å². The van der Waals surface area contributed by atoms with Gasteiger partial charge in [-0.3, -0.25) is 0 Å². The predicted molar refractivity (Wildman–Crippen MR) is 48.3 cm³/mol. The van der Waals surface area contributed by atoms with Crippen LogP contribution in [-0.2, 0) is 0 Å². The van der Waals surface area contributed by atoms with Crippen LogP contribution in [0.2, 0.25) is 0 Å². The Bertz CT molecular complexity index is 204.